The van der Waals surface area contributed by atoms with Crippen LogP contribution >= 0.6 is 0 Å². The third kappa shape index (κ3) is 1.81. The molecule has 0 aliphatic heterocycles. The number of hydrogen-bond acceptors (Lipinski definition) is 2. The van der Waals surface area contributed by atoms with Gasteiger partial charge in [-0.25, -0.2) is 4.79 Å². The highest BCUT2D eigenvalue weighted by atomic mass is 16.5. The summed E-state index contributed by atoms with van der Waals surface area (Å²) in [5.74, 6) is -0.191. The second-order valence-electron chi connectivity index (χ2n) is 3.71. The third-order valence-corrected chi connectivity index (χ3v) is 2.67. The monoisotopic (exact) mass is 217 g/mol. The Labute approximate surface area is 94.6 Å². The Bertz CT molecular complexity index is 501. The van der Waals surface area contributed by atoms with Crippen LogP contribution in [-0.4, -0.2) is 17.1 Å². The molecule has 3 heteroatoms. The van der Waals surface area contributed by atoms with Gasteiger partial charge in [-0.2, -0.15) is 0 Å². The van der Waals surface area contributed by atoms with Crippen molar-refractivity contribution >= 4 is 16.9 Å². The number of aromatic nitrogens is 1. The molecule has 1 atom stereocenters. The Morgan fingerprint density at radius 1 is 1.38 bits per heavy atom. The molecule has 0 aliphatic rings. The normalized spacial score (nSPS) is 12.6. The molecule has 1 aromatic heterocycles. The molecule has 2 aromatic rings. The third-order valence-electron chi connectivity index (χ3n) is 2.67. The van der Waals surface area contributed by atoms with Crippen LogP contribution in [0, 0.1) is 0 Å². The second kappa shape index (κ2) is 4.39. The van der Waals surface area contributed by atoms with Gasteiger partial charge < -0.3 is 9.30 Å². The van der Waals surface area contributed by atoms with Crippen LogP contribution in [0.15, 0.2) is 36.5 Å². The molecule has 1 aromatic carbocycles. The standard InChI is InChI=1S/C13H15NO2/c1-3-16-13(15)10(2)14-9-8-11-6-4-5-7-12(11)14/h4-10H,3H2,1-2H3/t10-/m1/s1. The van der Waals surface area contributed by atoms with E-state index < -0.39 is 0 Å². The smallest absolute Gasteiger partial charge is 0.328 e. The summed E-state index contributed by atoms with van der Waals surface area (Å²) < 4.78 is 6.95. The topological polar surface area (TPSA) is 31.2 Å². The molecule has 0 bridgehead atoms. The van der Waals surface area contributed by atoms with Crippen LogP contribution in [-0.2, 0) is 9.53 Å². The molecule has 0 unspecified atom stereocenters. The van der Waals surface area contributed by atoms with Crippen molar-refractivity contribution in [2.45, 2.75) is 19.9 Å². The van der Waals surface area contributed by atoms with Gasteiger partial charge in [-0.15, -0.1) is 0 Å². The summed E-state index contributed by atoms with van der Waals surface area (Å²) in [6.07, 6.45) is 1.92. The number of ether oxygens (including phenoxy) is 1. The Morgan fingerprint density at radius 3 is 2.88 bits per heavy atom. The highest BCUT2D eigenvalue weighted by Crippen LogP contribution is 2.20. The van der Waals surface area contributed by atoms with Crippen molar-refractivity contribution in [3.05, 3.63) is 36.5 Å². The number of rotatable bonds is 3. The molecule has 84 valence electrons. The Balaban J connectivity index is 2.36. The van der Waals surface area contributed by atoms with E-state index in [4.69, 9.17) is 4.74 Å². The van der Waals surface area contributed by atoms with Crippen molar-refractivity contribution in [2.75, 3.05) is 6.61 Å². The van der Waals surface area contributed by atoms with Gasteiger partial charge in [-0.05, 0) is 31.4 Å². The summed E-state index contributed by atoms with van der Waals surface area (Å²) >= 11 is 0. The van der Waals surface area contributed by atoms with Crippen molar-refractivity contribution < 1.29 is 9.53 Å². The summed E-state index contributed by atoms with van der Waals surface area (Å²) in [4.78, 5) is 11.6. The summed E-state index contributed by atoms with van der Waals surface area (Å²) in [5, 5.41) is 1.14. The lowest BCUT2D eigenvalue weighted by Gasteiger charge is -2.13. The highest BCUT2D eigenvalue weighted by Gasteiger charge is 2.16. The van der Waals surface area contributed by atoms with Crippen LogP contribution in [0.5, 0.6) is 0 Å². The zero-order chi connectivity index (χ0) is 11.5. The lowest BCUT2D eigenvalue weighted by molar-refractivity contribution is -0.146. The molecule has 0 aliphatic carbocycles. The second-order valence-corrected chi connectivity index (χ2v) is 3.71. The number of benzene rings is 1. The predicted molar refractivity (Wildman–Crippen MR) is 63.3 cm³/mol. The first-order valence-electron chi connectivity index (χ1n) is 5.46. The molecule has 2 rings (SSSR count). The van der Waals surface area contributed by atoms with Gasteiger partial charge in [0.15, 0.2) is 0 Å². The molecular weight excluding hydrogens is 202 g/mol. The quantitative estimate of drug-likeness (QED) is 0.740. The number of fused-ring (bicyclic) bond motifs is 1. The van der Waals surface area contributed by atoms with E-state index in [0.29, 0.717) is 6.61 Å². The molecule has 1 heterocycles. The molecule has 0 N–H and O–H groups in total. The molecule has 0 fully saturated rings. The van der Waals surface area contributed by atoms with E-state index in [1.807, 2.05) is 54.9 Å². The minimum absolute atomic E-state index is 0.191. The largest absolute Gasteiger partial charge is 0.464 e. The summed E-state index contributed by atoms with van der Waals surface area (Å²) in [5.41, 5.74) is 1.06. The van der Waals surface area contributed by atoms with Crippen LogP contribution in [0.3, 0.4) is 0 Å². The van der Waals surface area contributed by atoms with Crippen LogP contribution < -0.4 is 0 Å². The predicted octanol–water partition coefficient (Wildman–Crippen LogP) is 2.77. The van der Waals surface area contributed by atoms with E-state index in [1.54, 1.807) is 0 Å². The number of para-hydroxylation sites is 1. The van der Waals surface area contributed by atoms with Crippen LogP contribution in [0.2, 0.25) is 0 Å². The number of carbonyl (C=O) groups excluding carboxylic acids is 1. The number of hydrogen-bond donors (Lipinski definition) is 0. The lowest BCUT2D eigenvalue weighted by atomic mass is 10.2. The Morgan fingerprint density at radius 2 is 2.12 bits per heavy atom. The van der Waals surface area contributed by atoms with Gasteiger partial charge in [0, 0.05) is 11.7 Å². The van der Waals surface area contributed by atoms with E-state index in [1.165, 1.54) is 0 Å². The van der Waals surface area contributed by atoms with E-state index >= 15 is 0 Å². The maximum Gasteiger partial charge on any atom is 0.328 e. The highest BCUT2D eigenvalue weighted by molar-refractivity contribution is 5.83. The molecule has 0 radical (unpaired) electrons. The first kappa shape index (κ1) is 10.7. The van der Waals surface area contributed by atoms with E-state index in [9.17, 15) is 4.79 Å². The van der Waals surface area contributed by atoms with Crippen molar-refractivity contribution in [1.29, 1.82) is 0 Å². The van der Waals surface area contributed by atoms with Gasteiger partial charge in [0.05, 0.1) is 6.61 Å². The molecule has 0 amide bonds. The first-order valence-corrected chi connectivity index (χ1v) is 5.46. The van der Waals surface area contributed by atoms with Crippen LogP contribution in [0.4, 0.5) is 0 Å². The molecule has 16 heavy (non-hydrogen) atoms. The van der Waals surface area contributed by atoms with Crippen molar-refractivity contribution in [1.82, 2.24) is 4.57 Å². The van der Waals surface area contributed by atoms with E-state index in [0.717, 1.165) is 10.9 Å². The van der Waals surface area contributed by atoms with Crippen LogP contribution in [0.1, 0.15) is 19.9 Å². The zero-order valence-electron chi connectivity index (χ0n) is 9.51. The van der Waals surface area contributed by atoms with Crippen molar-refractivity contribution in [3.63, 3.8) is 0 Å². The van der Waals surface area contributed by atoms with Gasteiger partial charge in [0.2, 0.25) is 0 Å². The SMILES string of the molecule is CCOC(=O)[C@@H](C)n1ccc2ccccc21. The molecule has 3 nitrogen and oxygen atoms in total. The maximum absolute atomic E-state index is 11.6. The van der Waals surface area contributed by atoms with Gasteiger partial charge in [-0.1, -0.05) is 18.2 Å². The minimum atomic E-state index is -0.278. The fourth-order valence-corrected chi connectivity index (χ4v) is 1.82. The van der Waals surface area contributed by atoms with Crippen molar-refractivity contribution in [2.24, 2.45) is 0 Å². The maximum atomic E-state index is 11.6. The lowest BCUT2D eigenvalue weighted by Crippen LogP contribution is -2.18. The van der Waals surface area contributed by atoms with Gasteiger partial charge in [0.25, 0.3) is 0 Å². The Kier molecular flexibility index (Phi) is 2.95. The Hall–Kier alpha value is -1.77. The molecule has 0 spiro atoms. The molecule has 0 saturated carbocycles. The average Bonchev–Trinajstić information content (AvgIpc) is 2.72. The van der Waals surface area contributed by atoms with Gasteiger partial charge in [-0.3, -0.25) is 0 Å². The fraction of sp³-hybridized carbons (Fsp3) is 0.308. The summed E-state index contributed by atoms with van der Waals surface area (Å²) in [6.45, 7) is 4.09. The number of carbonyl (C=O) groups is 1. The van der Waals surface area contributed by atoms with Crippen LogP contribution in [0.25, 0.3) is 10.9 Å². The fourth-order valence-electron chi connectivity index (χ4n) is 1.82. The summed E-state index contributed by atoms with van der Waals surface area (Å²) in [7, 11) is 0. The molecule has 0 saturated heterocycles. The van der Waals surface area contributed by atoms with Gasteiger partial charge in [0.1, 0.15) is 6.04 Å². The number of nitrogens with zero attached hydrogens (tertiary/aromatic N) is 1. The van der Waals surface area contributed by atoms with E-state index in [-0.39, 0.29) is 12.0 Å². The zero-order valence-corrected chi connectivity index (χ0v) is 9.51. The average molecular weight is 217 g/mol. The first-order chi connectivity index (χ1) is 7.74. The van der Waals surface area contributed by atoms with Crippen molar-refractivity contribution in [3.8, 4) is 0 Å². The summed E-state index contributed by atoms with van der Waals surface area (Å²) in [6, 6.07) is 9.72. The molecular formula is C13H15NO2. The number of esters is 1. The minimum Gasteiger partial charge on any atom is -0.464 e. The van der Waals surface area contributed by atoms with Gasteiger partial charge >= 0.3 is 5.97 Å². The van der Waals surface area contributed by atoms with E-state index in [2.05, 4.69) is 0 Å².